The molecule has 0 spiro atoms. The molecule has 2 aromatic carbocycles. The second-order valence-corrected chi connectivity index (χ2v) is 6.68. The summed E-state index contributed by atoms with van der Waals surface area (Å²) in [6.07, 6.45) is 0. The van der Waals surface area contributed by atoms with Crippen LogP contribution in [0.3, 0.4) is 0 Å². The molecule has 3 rings (SSSR count). The van der Waals surface area contributed by atoms with Crippen molar-refractivity contribution in [2.75, 3.05) is 26.6 Å². The number of hydrogen-bond acceptors (Lipinski definition) is 6. The Bertz CT molecular complexity index is 974. The average molecular weight is 405 g/mol. The number of aromatic nitrogens is 1. The molecule has 0 saturated heterocycles. The lowest BCUT2D eigenvalue weighted by atomic mass is 10.2. The highest BCUT2D eigenvalue weighted by atomic mass is 35.5. The number of anilines is 1. The Labute approximate surface area is 165 Å². The summed E-state index contributed by atoms with van der Waals surface area (Å²) >= 11 is 7.45. The van der Waals surface area contributed by atoms with Crippen molar-refractivity contribution in [2.24, 2.45) is 0 Å². The Morgan fingerprint density at radius 2 is 1.70 bits per heavy atom. The van der Waals surface area contributed by atoms with E-state index in [1.54, 1.807) is 43.9 Å². The van der Waals surface area contributed by atoms with E-state index >= 15 is 0 Å². The van der Waals surface area contributed by atoms with Gasteiger partial charge in [-0.05, 0) is 36.4 Å². The van der Waals surface area contributed by atoms with Crippen molar-refractivity contribution in [1.82, 2.24) is 4.98 Å². The molecule has 1 heterocycles. The van der Waals surface area contributed by atoms with Crippen molar-refractivity contribution in [3.05, 3.63) is 52.5 Å². The Morgan fingerprint density at radius 1 is 1.00 bits per heavy atom. The zero-order chi connectivity index (χ0) is 19.4. The first-order valence-electron chi connectivity index (χ1n) is 7.88. The lowest BCUT2D eigenvalue weighted by Gasteiger charge is -2.08. The predicted octanol–water partition coefficient (Wildman–Crippen LogP) is 4.74. The van der Waals surface area contributed by atoms with E-state index in [0.29, 0.717) is 38.7 Å². The number of benzene rings is 2. The van der Waals surface area contributed by atoms with Crippen molar-refractivity contribution < 1.29 is 19.0 Å². The fraction of sp³-hybridized carbons (Fsp3) is 0.158. The largest absolute Gasteiger partial charge is 0.495 e. The van der Waals surface area contributed by atoms with Crippen LogP contribution in [0.25, 0.3) is 10.6 Å². The van der Waals surface area contributed by atoms with Gasteiger partial charge in [-0.1, -0.05) is 11.6 Å². The van der Waals surface area contributed by atoms with E-state index < -0.39 is 0 Å². The van der Waals surface area contributed by atoms with Gasteiger partial charge in [0, 0.05) is 16.6 Å². The van der Waals surface area contributed by atoms with Gasteiger partial charge < -0.3 is 19.5 Å². The number of hydrogen-bond donors (Lipinski definition) is 1. The molecule has 3 aromatic rings. The lowest BCUT2D eigenvalue weighted by Crippen LogP contribution is -2.12. The average Bonchev–Trinajstić information content (AvgIpc) is 3.18. The van der Waals surface area contributed by atoms with Gasteiger partial charge in [-0.25, -0.2) is 4.98 Å². The SMILES string of the molecule is COc1ccc(NC(=O)c2csc(-c3ccc(OC)c(OC)c3)n2)cc1Cl. The first-order chi connectivity index (χ1) is 13.0. The number of halogens is 1. The number of thiazole rings is 1. The maximum atomic E-state index is 12.5. The summed E-state index contributed by atoms with van der Waals surface area (Å²) in [6, 6.07) is 10.5. The highest BCUT2D eigenvalue weighted by Gasteiger charge is 2.14. The summed E-state index contributed by atoms with van der Waals surface area (Å²) in [4.78, 5) is 16.9. The summed E-state index contributed by atoms with van der Waals surface area (Å²) in [7, 11) is 4.68. The molecule has 1 aromatic heterocycles. The van der Waals surface area contributed by atoms with Gasteiger partial charge >= 0.3 is 0 Å². The van der Waals surface area contributed by atoms with Gasteiger partial charge in [-0.15, -0.1) is 11.3 Å². The highest BCUT2D eigenvalue weighted by molar-refractivity contribution is 7.13. The topological polar surface area (TPSA) is 69.7 Å². The van der Waals surface area contributed by atoms with Gasteiger partial charge in [0.2, 0.25) is 0 Å². The third-order valence-corrected chi connectivity index (χ3v) is 4.96. The van der Waals surface area contributed by atoms with Crippen LogP contribution in [0.15, 0.2) is 41.8 Å². The van der Waals surface area contributed by atoms with Crippen molar-refractivity contribution in [3.63, 3.8) is 0 Å². The molecular formula is C19H17ClN2O4S. The van der Waals surface area contributed by atoms with Gasteiger partial charge in [0.1, 0.15) is 16.5 Å². The normalized spacial score (nSPS) is 10.4. The number of nitrogens with zero attached hydrogens (tertiary/aromatic N) is 1. The summed E-state index contributed by atoms with van der Waals surface area (Å²) in [6.45, 7) is 0. The summed E-state index contributed by atoms with van der Waals surface area (Å²) < 4.78 is 15.7. The van der Waals surface area contributed by atoms with Crippen molar-refractivity contribution >= 4 is 34.5 Å². The van der Waals surface area contributed by atoms with E-state index in [2.05, 4.69) is 10.3 Å². The molecule has 0 fully saturated rings. The third kappa shape index (κ3) is 4.15. The molecule has 0 atom stereocenters. The number of methoxy groups -OCH3 is 3. The fourth-order valence-electron chi connectivity index (χ4n) is 2.42. The minimum absolute atomic E-state index is 0.316. The Morgan fingerprint density at radius 3 is 2.37 bits per heavy atom. The molecule has 0 radical (unpaired) electrons. The molecule has 1 amide bonds. The van der Waals surface area contributed by atoms with Crippen LogP contribution in [0.5, 0.6) is 17.2 Å². The molecule has 0 bridgehead atoms. The molecule has 0 aliphatic rings. The maximum Gasteiger partial charge on any atom is 0.275 e. The zero-order valence-electron chi connectivity index (χ0n) is 14.9. The molecular weight excluding hydrogens is 388 g/mol. The molecule has 6 nitrogen and oxygen atoms in total. The molecule has 0 unspecified atom stereocenters. The van der Waals surface area contributed by atoms with Crippen molar-refractivity contribution in [3.8, 4) is 27.8 Å². The number of ether oxygens (including phenoxy) is 3. The number of carbonyl (C=O) groups excluding carboxylic acids is 1. The summed E-state index contributed by atoms with van der Waals surface area (Å²) in [5, 5.41) is 5.60. The second kappa shape index (κ2) is 8.28. The Kier molecular flexibility index (Phi) is 5.83. The molecule has 140 valence electrons. The van der Waals surface area contributed by atoms with Gasteiger partial charge in [0.25, 0.3) is 5.91 Å². The van der Waals surface area contributed by atoms with E-state index in [1.165, 1.54) is 18.4 Å². The predicted molar refractivity (Wildman–Crippen MR) is 107 cm³/mol. The van der Waals surface area contributed by atoms with E-state index in [4.69, 9.17) is 25.8 Å². The standard InChI is InChI=1S/C19H17ClN2O4S/c1-24-15-7-5-12(9-13(15)20)21-18(23)14-10-27-19(22-14)11-4-6-16(25-2)17(8-11)26-3/h4-10H,1-3H3,(H,21,23). The molecule has 0 saturated carbocycles. The first-order valence-corrected chi connectivity index (χ1v) is 9.14. The second-order valence-electron chi connectivity index (χ2n) is 5.41. The van der Waals surface area contributed by atoms with Crippen LogP contribution >= 0.6 is 22.9 Å². The molecule has 0 aliphatic carbocycles. The van der Waals surface area contributed by atoms with Gasteiger partial charge in [0.15, 0.2) is 11.5 Å². The van der Waals surface area contributed by atoms with E-state index in [0.717, 1.165) is 5.56 Å². The molecule has 8 heteroatoms. The van der Waals surface area contributed by atoms with Gasteiger partial charge in [-0.3, -0.25) is 4.79 Å². The number of rotatable bonds is 6. The Balaban J connectivity index is 1.79. The van der Waals surface area contributed by atoms with E-state index in [9.17, 15) is 4.79 Å². The minimum atomic E-state index is -0.320. The minimum Gasteiger partial charge on any atom is -0.495 e. The first kappa shape index (κ1) is 19.0. The Hall–Kier alpha value is -2.77. The van der Waals surface area contributed by atoms with E-state index in [-0.39, 0.29) is 5.91 Å². The number of nitrogens with one attached hydrogen (secondary N) is 1. The number of amides is 1. The van der Waals surface area contributed by atoms with Crippen LogP contribution in [-0.2, 0) is 0 Å². The maximum absolute atomic E-state index is 12.5. The molecule has 27 heavy (non-hydrogen) atoms. The van der Waals surface area contributed by atoms with Gasteiger partial charge in [0.05, 0.1) is 26.4 Å². The van der Waals surface area contributed by atoms with Crippen LogP contribution in [0, 0.1) is 0 Å². The summed E-state index contributed by atoms with van der Waals surface area (Å²) in [5.41, 5.74) is 1.72. The quantitative estimate of drug-likeness (QED) is 0.642. The fourth-order valence-corrected chi connectivity index (χ4v) is 3.47. The van der Waals surface area contributed by atoms with Crippen molar-refractivity contribution in [2.45, 2.75) is 0 Å². The summed E-state index contributed by atoms with van der Waals surface area (Å²) in [5.74, 6) is 1.45. The van der Waals surface area contributed by atoms with Crippen LogP contribution in [0.1, 0.15) is 10.5 Å². The van der Waals surface area contributed by atoms with Crippen LogP contribution < -0.4 is 19.5 Å². The monoisotopic (exact) mass is 404 g/mol. The van der Waals surface area contributed by atoms with Crippen LogP contribution in [0.2, 0.25) is 5.02 Å². The molecule has 1 N–H and O–H groups in total. The smallest absolute Gasteiger partial charge is 0.275 e. The van der Waals surface area contributed by atoms with Crippen LogP contribution in [0.4, 0.5) is 5.69 Å². The molecule has 0 aliphatic heterocycles. The van der Waals surface area contributed by atoms with Crippen LogP contribution in [-0.4, -0.2) is 32.2 Å². The highest BCUT2D eigenvalue weighted by Crippen LogP contribution is 2.33. The van der Waals surface area contributed by atoms with E-state index in [1.807, 2.05) is 12.1 Å². The lowest BCUT2D eigenvalue weighted by molar-refractivity contribution is 0.102. The number of carbonyl (C=O) groups is 1. The zero-order valence-corrected chi connectivity index (χ0v) is 16.5. The third-order valence-electron chi connectivity index (χ3n) is 3.78. The van der Waals surface area contributed by atoms with Crippen molar-refractivity contribution in [1.29, 1.82) is 0 Å². The van der Waals surface area contributed by atoms with Gasteiger partial charge in [-0.2, -0.15) is 0 Å².